The minimum atomic E-state index is -0.493. The van der Waals surface area contributed by atoms with Gasteiger partial charge in [0.1, 0.15) is 5.82 Å². The molecule has 0 fully saturated rings. The largest absolute Gasteiger partial charge is 0.352 e. The second-order valence-corrected chi connectivity index (χ2v) is 6.95. The molecule has 0 bridgehead atoms. The molecule has 1 aromatic heterocycles. The Morgan fingerprint density at radius 3 is 2.96 bits per heavy atom. The van der Waals surface area contributed by atoms with E-state index in [9.17, 15) is 9.18 Å². The Balaban J connectivity index is 1.62. The minimum Gasteiger partial charge on any atom is -0.352 e. The number of hydrogen-bond acceptors (Lipinski definition) is 4. The van der Waals surface area contributed by atoms with Gasteiger partial charge in [-0.25, -0.2) is 19.2 Å². The highest BCUT2D eigenvalue weighted by Crippen LogP contribution is 2.19. The third-order valence-corrected chi connectivity index (χ3v) is 4.39. The topological polar surface area (TPSA) is 70.2 Å². The lowest BCUT2D eigenvalue weighted by Crippen LogP contribution is -2.42. The highest BCUT2D eigenvalue weighted by Gasteiger charge is 2.22. The van der Waals surface area contributed by atoms with Gasteiger partial charge in [0.2, 0.25) is 5.95 Å². The molecule has 1 aliphatic rings. The number of benzene rings is 1. The quantitative estimate of drug-likeness (QED) is 0.857. The van der Waals surface area contributed by atoms with E-state index >= 15 is 0 Å². The summed E-state index contributed by atoms with van der Waals surface area (Å²) in [6.45, 7) is 5.28. The summed E-state index contributed by atoms with van der Waals surface area (Å²) in [5.41, 5.74) is 2.56. The summed E-state index contributed by atoms with van der Waals surface area (Å²) in [5, 5.41) is 6.05. The molecule has 6 nitrogen and oxygen atoms in total. The van der Waals surface area contributed by atoms with Gasteiger partial charge in [-0.05, 0) is 43.5 Å². The Morgan fingerprint density at radius 2 is 2.23 bits per heavy atom. The number of anilines is 1. The number of nitrogens with zero attached hydrogens (tertiary/aromatic N) is 3. The number of rotatable bonds is 4. The molecule has 2 N–H and O–H groups in total. The predicted molar refractivity (Wildman–Crippen MR) is 98.6 cm³/mol. The molecular formula is C18H21ClFN5O. The summed E-state index contributed by atoms with van der Waals surface area (Å²) in [4.78, 5) is 23.0. The van der Waals surface area contributed by atoms with E-state index in [0.29, 0.717) is 31.0 Å². The van der Waals surface area contributed by atoms with Crippen molar-refractivity contribution in [3.63, 3.8) is 0 Å². The van der Waals surface area contributed by atoms with Crippen molar-refractivity contribution >= 4 is 23.6 Å². The summed E-state index contributed by atoms with van der Waals surface area (Å²) >= 11 is 5.67. The molecule has 3 rings (SSSR count). The summed E-state index contributed by atoms with van der Waals surface area (Å²) in [6.07, 6.45) is 2.53. The van der Waals surface area contributed by atoms with Gasteiger partial charge in [-0.2, -0.15) is 0 Å². The number of urea groups is 1. The molecule has 26 heavy (non-hydrogen) atoms. The Kier molecular flexibility index (Phi) is 5.56. The number of nitrogens with one attached hydrogen (secondary N) is 2. The maximum absolute atomic E-state index is 13.5. The van der Waals surface area contributed by atoms with E-state index in [1.807, 2.05) is 20.0 Å². The second kappa shape index (κ2) is 7.86. The SMILES string of the molecule is CC(C)Nc1ncc2c(n1)CN(C(=O)NCc1ccc(Cl)c(F)c1)CC2. The van der Waals surface area contributed by atoms with Crippen molar-refractivity contribution in [3.05, 3.63) is 52.1 Å². The predicted octanol–water partition coefficient (Wildman–Crippen LogP) is 3.36. The summed E-state index contributed by atoms with van der Waals surface area (Å²) < 4.78 is 13.5. The summed E-state index contributed by atoms with van der Waals surface area (Å²) in [5.74, 6) is 0.0739. The lowest BCUT2D eigenvalue weighted by molar-refractivity contribution is 0.191. The number of aromatic nitrogens is 2. The van der Waals surface area contributed by atoms with Crippen LogP contribution in [0.15, 0.2) is 24.4 Å². The van der Waals surface area contributed by atoms with Gasteiger partial charge in [0, 0.05) is 25.3 Å². The van der Waals surface area contributed by atoms with Gasteiger partial charge in [0.25, 0.3) is 0 Å². The van der Waals surface area contributed by atoms with Gasteiger partial charge in [0.05, 0.1) is 17.3 Å². The van der Waals surface area contributed by atoms with Gasteiger partial charge < -0.3 is 15.5 Å². The van der Waals surface area contributed by atoms with Crippen LogP contribution in [-0.4, -0.2) is 33.5 Å². The fourth-order valence-electron chi connectivity index (χ4n) is 2.74. The van der Waals surface area contributed by atoms with Crippen LogP contribution >= 0.6 is 11.6 Å². The van der Waals surface area contributed by atoms with E-state index in [0.717, 1.165) is 11.3 Å². The Bertz CT molecular complexity index is 814. The highest BCUT2D eigenvalue weighted by atomic mass is 35.5. The molecule has 0 saturated heterocycles. The van der Waals surface area contributed by atoms with Crippen LogP contribution in [0.1, 0.15) is 30.7 Å². The van der Waals surface area contributed by atoms with Crippen LogP contribution in [-0.2, 0) is 19.5 Å². The van der Waals surface area contributed by atoms with E-state index in [1.165, 1.54) is 12.1 Å². The first kappa shape index (κ1) is 18.4. The van der Waals surface area contributed by atoms with Crippen LogP contribution in [0.4, 0.5) is 15.1 Å². The zero-order valence-corrected chi connectivity index (χ0v) is 15.5. The van der Waals surface area contributed by atoms with E-state index in [-0.39, 0.29) is 23.6 Å². The van der Waals surface area contributed by atoms with Crippen molar-refractivity contribution < 1.29 is 9.18 Å². The number of carbonyl (C=O) groups excluding carboxylic acids is 1. The number of carbonyl (C=O) groups is 1. The van der Waals surface area contributed by atoms with Crippen molar-refractivity contribution in [1.82, 2.24) is 20.2 Å². The van der Waals surface area contributed by atoms with Crippen molar-refractivity contribution in [2.75, 3.05) is 11.9 Å². The number of fused-ring (bicyclic) bond motifs is 1. The Morgan fingerprint density at radius 1 is 1.42 bits per heavy atom. The van der Waals surface area contributed by atoms with E-state index in [4.69, 9.17) is 11.6 Å². The number of amides is 2. The molecule has 0 spiro atoms. The first-order valence-electron chi connectivity index (χ1n) is 8.50. The van der Waals surface area contributed by atoms with Crippen LogP contribution in [0.2, 0.25) is 5.02 Å². The molecule has 0 atom stereocenters. The lowest BCUT2D eigenvalue weighted by atomic mass is 10.1. The zero-order chi connectivity index (χ0) is 18.7. The molecule has 0 saturated carbocycles. The minimum absolute atomic E-state index is 0.0678. The van der Waals surface area contributed by atoms with Crippen molar-refractivity contribution in [3.8, 4) is 0 Å². The van der Waals surface area contributed by atoms with Gasteiger partial charge in [-0.3, -0.25) is 0 Å². The van der Waals surface area contributed by atoms with Gasteiger partial charge in [0.15, 0.2) is 0 Å². The smallest absolute Gasteiger partial charge is 0.318 e. The molecule has 1 aliphatic heterocycles. The summed E-state index contributed by atoms with van der Waals surface area (Å²) in [6, 6.07) is 4.52. The lowest BCUT2D eigenvalue weighted by Gasteiger charge is -2.28. The molecule has 2 aromatic rings. The Labute approximate surface area is 156 Å². The van der Waals surface area contributed by atoms with E-state index in [2.05, 4.69) is 20.6 Å². The van der Waals surface area contributed by atoms with Crippen LogP contribution < -0.4 is 10.6 Å². The third kappa shape index (κ3) is 4.40. The molecule has 0 aliphatic carbocycles. The fraction of sp³-hybridized carbons (Fsp3) is 0.389. The second-order valence-electron chi connectivity index (χ2n) is 6.54. The number of hydrogen-bond donors (Lipinski definition) is 2. The normalized spacial score (nSPS) is 13.5. The molecular weight excluding hydrogens is 357 g/mol. The average molecular weight is 378 g/mol. The zero-order valence-electron chi connectivity index (χ0n) is 14.7. The van der Waals surface area contributed by atoms with Gasteiger partial charge in [-0.15, -0.1) is 0 Å². The molecule has 1 aromatic carbocycles. The molecule has 138 valence electrons. The van der Waals surface area contributed by atoms with Crippen LogP contribution in [0, 0.1) is 5.82 Å². The molecule has 2 heterocycles. The Hall–Kier alpha value is -2.41. The maximum Gasteiger partial charge on any atom is 0.318 e. The van der Waals surface area contributed by atoms with Crippen LogP contribution in [0.5, 0.6) is 0 Å². The molecule has 8 heteroatoms. The summed E-state index contributed by atoms with van der Waals surface area (Å²) in [7, 11) is 0. The van der Waals surface area contributed by atoms with Gasteiger partial charge >= 0.3 is 6.03 Å². The number of halogens is 2. The first-order chi connectivity index (χ1) is 12.4. The van der Waals surface area contributed by atoms with E-state index < -0.39 is 5.82 Å². The fourth-order valence-corrected chi connectivity index (χ4v) is 2.86. The molecule has 2 amide bonds. The maximum atomic E-state index is 13.5. The van der Waals surface area contributed by atoms with Crippen LogP contribution in [0.25, 0.3) is 0 Å². The van der Waals surface area contributed by atoms with Crippen LogP contribution in [0.3, 0.4) is 0 Å². The molecule has 0 radical (unpaired) electrons. The highest BCUT2D eigenvalue weighted by molar-refractivity contribution is 6.30. The first-order valence-corrected chi connectivity index (χ1v) is 8.88. The third-order valence-electron chi connectivity index (χ3n) is 4.08. The van der Waals surface area contributed by atoms with Crippen molar-refractivity contribution in [2.45, 2.75) is 39.4 Å². The molecule has 0 unspecified atom stereocenters. The van der Waals surface area contributed by atoms with E-state index in [1.54, 1.807) is 11.0 Å². The van der Waals surface area contributed by atoms with Crippen molar-refractivity contribution in [1.29, 1.82) is 0 Å². The standard InChI is InChI=1S/C18H21ClFN5O/c1-11(2)23-17-21-9-13-5-6-25(10-16(13)24-17)18(26)22-8-12-3-4-14(19)15(20)7-12/h3-4,7,9,11H,5-6,8,10H2,1-2H3,(H,22,26)(H,21,23,24). The van der Waals surface area contributed by atoms with Crippen molar-refractivity contribution in [2.24, 2.45) is 0 Å². The monoisotopic (exact) mass is 377 g/mol. The van der Waals surface area contributed by atoms with Gasteiger partial charge in [-0.1, -0.05) is 17.7 Å². The average Bonchev–Trinajstić information content (AvgIpc) is 2.61.